The van der Waals surface area contributed by atoms with Gasteiger partial charge in [-0.15, -0.1) is 11.3 Å². The van der Waals surface area contributed by atoms with Gasteiger partial charge in [-0.1, -0.05) is 12.1 Å². The maximum absolute atomic E-state index is 11.9. The lowest BCUT2D eigenvalue weighted by molar-refractivity contribution is -0.114. The fourth-order valence-electron chi connectivity index (χ4n) is 1.68. The summed E-state index contributed by atoms with van der Waals surface area (Å²) in [7, 11) is 0. The van der Waals surface area contributed by atoms with Crippen molar-refractivity contribution in [3.05, 3.63) is 50.6 Å². The van der Waals surface area contributed by atoms with Gasteiger partial charge in [0.25, 0.3) is 5.91 Å². The number of halogens is 1. The standard InChI is InChI=1S/C14H13BrN2O2S/c1-9(18)17-12-4-2-3-10(5-12)7-16-14(19)11-6-13(15)20-8-11/h2-6,8H,7H2,1H3,(H,16,19)(H,17,18). The zero-order valence-corrected chi connectivity index (χ0v) is 13.2. The maximum atomic E-state index is 11.9. The van der Waals surface area contributed by atoms with Crippen LogP contribution < -0.4 is 10.6 Å². The highest BCUT2D eigenvalue weighted by Crippen LogP contribution is 2.20. The van der Waals surface area contributed by atoms with E-state index in [9.17, 15) is 9.59 Å². The van der Waals surface area contributed by atoms with E-state index in [0.29, 0.717) is 12.1 Å². The predicted molar refractivity (Wildman–Crippen MR) is 83.9 cm³/mol. The molecule has 2 rings (SSSR count). The number of anilines is 1. The van der Waals surface area contributed by atoms with Gasteiger partial charge in [0.05, 0.1) is 9.35 Å². The Hall–Kier alpha value is -1.66. The number of hydrogen-bond donors (Lipinski definition) is 2. The van der Waals surface area contributed by atoms with Gasteiger partial charge in [-0.2, -0.15) is 0 Å². The first-order valence-electron chi connectivity index (χ1n) is 5.93. The molecule has 2 N–H and O–H groups in total. The fraction of sp³-hybridized carbons (Fsp3) is 0.143. The number of thiophene rings is 1. The predicted octanol–water partition coefficient (Wildman–Crippen LogP) is 3.40. The van der Waals surface area contributed by atoms with E-state index in [1.165, 1.54) is 18.3 Å². The van der Waals surface area contributed by atoms with E-state index in [4.69, 9.17) is 0 Å². The third-order valence-corrected chi connectivity index (χ3v) is 4.03. The first kappa shape index (κ1) is 14.7. The van der Waals surface area contributed by atoms with Crippen molar-refractivity contribution in [3.8, 4) is 0 Å². The monoisotopic (exact) mass is 352 g/mol. The molecule has 0 unspecified atom stereocenters. The molecule has 0 radical (unpaired) electrons. The minimum atomic E-state index is -0.116. The Morgan fingerprint density at radius 3 is 2.75 bits per heavy atom. The zero-order valence-electron chi connectivity index (χ0n) is 10.8. The van der Waals surface area contributed by atoms with Crippen molar-refractivity contribution in [3.63, 3.8) is 0 Å². The van der Waals surface area contributed by atoms with Gasteiger partial charge < -0.3 is 10.6 Å². The second kappa shape index (κ2) is 6.67. The summed E-state index contributed by atoms with van der Waals surface area (Å²) in [5.41, 5.74) is 2.29. The van der Waals surface area contributed by atoms with Gasteiger partial charge >= 0.3 is 0 Å². The molecule has 0 bridgehead atoms. The number of rotatable bonds is 4. The van der Waals surface area contributed by atoms with Crippen molar-refractivity contribution in [1.29, 1.82) is 0 Å². The van der Waals surface area contributed by atoms with Crippen LogP contribution in [0, 0.1) is 0 Å². The Bertz CT molecular complexity index is 640. The summed E-state index contributed by atoms with van der Waals surface area (Å²) in [6.45, 7) is 1.88. The van der Waals surface area contributed by atoms with E-state index in [-0.39, 0.29) is 11.8 Å². The third-order valence-electron chi connectivity index (χ3n) is 2.53. The van der Waals surface area contributed by atoms with Gasteiger partial charge in [-0.05, 0) is 39.7 Å². The number of nitrogens with one attached hydrogen (secondary N) is 2. The van der Waals surface area contributed by atoms with Gasteiger partial charge in [-0.3, -0.25) is 9.59 Å². The normalized spacial score (nSPS) is 10.1. The Kier molecular flexibility index (Phi) is 4.92. The molecule has 1 aromatic carbocycles. The molecular weight excluding hydrogens is 340 g/mol. The van der Waals surface area contributed by atoms with Crippen LogP contribution in [0.5, 0.6) is 0 Å². The van der Waals surface area contributed by atoms with Crippen LogP contribution in [0.1, 0.15) is 22.8 Å². The van der Waals surface area contributed by atoms with E-state index in [2.05, 4.69) is 26.6 Å². The molecule has 1 aromatic heterocycles. The van der Waals surface area contributed by atoms with Crippen molar-refractivity contribution in [2.24, 2.45) is 0 Å². The van der Waals surface area contributed by atoms with E-state index < -0.39 is 0 Å². The van der Waals surface area contributed by atoms with Gasteiger partial charge in [0.1, 0.15) is 0 Å². The van der Waals surface area contributed by atoms with Crippen molar-refractivity contribution in [2.75, 3.05) is 5.32 Å². The highest BCUT2D eigenvalue weighted by molar-refractivity contribution is 9.11. The Labute approximate surface area is 129 Å². The quantitative estimate of drug-likeness (QED) is 0.885. The van der Waals surface area contributed by atoms with E-state index in [1.807, 2.05) is 24.3 Å². The van der Waals surface area contributed by atoms with Crippen LogP contribution in [0.15, 0.2) is 39.5 Å². The highest BCUT2D eigenvalue weighted by Gasteiger charge is 2.07. The molecule has 0 aliphatic heterocycles. The number of benzene rings is 1. The smallest absolute Gasteiger partial charge is 0.252 e. The second-order valence-corrected chi connectivity index (χ2v) is 6.49. The van der Waals surface area contributed by atoms with Crippen LogP contribution in [0.25, 0.3) is 0 Å². The minimum absolute atomic E-state index is 0.114. The Morgan fingerprint density at radius 2 is 2.10 bits per heavy atom. The Morgan fingerprint density at radius 1 is 1.30 bits per heavy atom. The molecule has 104 valence electrons. The van der Waals surface area contributed by atoms with Gasteiger partial charge in [0.2, 0.25) is 5.91 Å². The van der Waals surface area contributed by atoms with Crippen molar-refractivity contribution < 1.29 is 9.59 Å². The first-order chi connectivity index (χ1) is 9.54. The zero-order chi connectivity index (χ0) is 14.5. The lowest BCUT2D eigenvalue weighted by atomic mass is 10.2. The van der Waals surface area contributed by atoms with Crippen molar-refractivity contribution in [1.82, 2.24) is 5.32 Å². The molecule has 0 aliphatic carbocycles. The van der Waals surface area contributed by atoms with Gasteiger partial charge in [0, 0.05) is 24.5 Å². The molecule has 4 nitrogen and oxygen atoms in total. The number of carbonyl (C=O) groups is 2. The molecule has 6 heteroatoms. The summed E-state index contributed by atoms with van der Waals surface area (Å²) in [6, 6.07) is 9.17. The van der Waals surface area contributed by atoms with Crippen LogP contribution in [0.2, 0.25) is 0 Å². The van der Waals surface area contributed by atoms with Crippen molar-refractivity contribution >= 4 is 44.8 Å². The van der Waals surface area contributed by atoms with E-state index >= 15 is 0 Å². The van der Waals surface area contributed by atoms with Crippen LogP contribution in [0.3, 0.4) is 0 Å². The molecule has 0 fully saturated rings. The molecule has 2 aromatic rings. The fourth-order valence-corrected chi connectivity index (χ4v) is 2.81. The molecule has 1 heterocycles. The van der Waals surface area contributed by atoms with E-state index in [1.54, 1.807) is 11.4 Å². The summed E-state index contributed by atoms with van der Waals surface area (Å²) in [5, 5.41) is 7.35. The minimum Gasteiger partial charge on any atom is -0.348 e. The molecular formula is C14H13BrN2O2S. The summed E-state index contributed by atoms with van der Waals surface area (Å²) < 4.78 is 0.926. The van der Waals surface area contributed by atoms with Crippen molar-refractivity contribution in [2.45, 2.75) is 13.5 Å². The SMILES string of the molecule is CC(=O)Nc1cccc(CNC(=O)c2csc(Br)c2)c1. The lowest BCUT2D eigenvalue weighted by Crippen LogP contribution is -2.22. The third kappa shape index (κ3) is 4.18. The average Bonchev–Trinajstić information content (AvgIpc) is 2.82. The highest BCUT2D eigenvalue weighted by atomic mass is 79.9. The van der Waals surface area contributed by atoms with Gasteiger partial charge in [-0.25, -0.2) is 0 Å². The number of amides is 2. The van der Waals surface area contributed by atoms with Gasteiger partial charge in [0.15, 0.2) is 0 Å². The summed E-state index contributed by atoms with van der Waals surface area (Å²) in [4.78, 5) is 22.9. The molecule has 2 amide bonds. The first-order valence-corrected chi connectivity index (χ1v) is 7.60. The maximum Gasteiger partial charge on any atom is 0.252 e. The van der Waals surface area contributed by atoms with Crippen LogP contribution >= 0.6 is 27.3 Å². The van der Waals surface area contributed by atoms with Crippen LogP contribution in [-0.2, 0) is 11.3 Å². The van der Waals surface area contributed by atoms with E-state index in [0.717, 1.165) is 15.0 Å². The molecule has 0 spiro atoms. The van der Waals surface area contributed by atoms with Crippen LogP contribution in [-0.4, -0.2) is 11.8 Å². The Balaban J connectivity index is 1.97. The van der Waals surface area contributed by atoms with Crippen LogP contribution in [0.4, 0.5) is 5.69 Å². The molecule has 0 aliphatic rings. The lowest BCUT2D eigenvalue weighted by Gasteiger charge is -2.07. The molecule has 0 atom stereocenters. The summed E-state index contributed by atoms with van der Waals surface area (Å²) >= 11 is 4.80. The topological polar surface area (TPSA) is 58.2 Å². The molecule has 20 heavy (non-hydrogen) atoms. The molecule has 0 saturated carbocycles. The number of carbonyl (C=O) groups excluding carboxylic acids is 2. The number of hydrogen-bond acceptors (Lipinski definition) is 3. The second-order valence-electron chi connectivity index (χ2n) is 4.20. The summed E-state index contributed by atoms with van der Waals surface area (Å²) in [6.07, 6.45) is 0. The summed E-state index contributed by atoms with van der Waals surface area (Å²) in [5.74, 6) is -0.230. The average molecular weight is 353 g/mol. The molecule has 0 saturated heterocycles. The largest absolute Gasteiger partial charge is 0.348 e.